The Kier molecular flexibility index (Phi) is 6.18. The number of carbonyl (C=O) groups is 1. The zero-order chi connectivity index (χ0) is 21.8. The summed E-state index contributed by atoms with van der Waals surface area (Å²) in [4.78, 5) is 21.6. The lowest BCUT2D eigenvalue weighted by atomic mass is 10.1. The second kappa shape index (κ2) is 9.18. The minimum atomic E-state index is -0.0603. The van der Waals surface area contributed by atoms with Crippen LogP contribution in [0.2, 0.25) is 0 Å². The smallest absolute Gasteiger partial charge is 0.257 e. The van der Waals surface area contributed by atoms with Crippen LogP contribution in [0.4, 0.5) is 0 Å². The van der Waals surface area contributed by atoms with E-state index in [1.807, 2.05) is 36.1 Å². The van der Waals surface area contributed by atoms with Gasteiger partial charge in [0.1, 0.15) is 11.5 Å². The minimum Gasteiger partial charge on any atom is -0.497 e. The standard InChI is InChI=1S/C23H26N4O4/c1-16-4-6-17(7-5-16)22-24-21(31-25-22)15-26-10-12-27(13-11-26)23(28)19-14-18(29-2)8-9-20(19)30-3/h4-9,14H,10-13,15H2,1-3H3. The predicted molar refractivity (Wildman–Crippen MR) is 115 cm³/mol. The molecule has 31 heavy (non-hydrogen) atoms. The lowest BCUT2D eigenvalue weighted by Gasteiger charge is -2.34. The van der Waals surface area contributed by atoms with E-state index < -0.39 is 0 Å². The molecule has 8 heteroatoms. The second-order valence-electron chi connectivity index (χ2n) is 7.51. The first-order valence-corrected chi connectivity index (χ1v) is 10.2. The highest BCUT2D eigenvalue weighted by Crippen LogP contribution is 2.26. The number of benzene rings is 2. The van der Waals surface area contributed by atoms with E-state index in [0.29, 0.717) is 48.4 Å². The number of aryl methyl sites for hydroxylation is 1. The monoisotopic (exact) mass is 422 g/mol. The van der Waals surface area contributed by atoms with Crippen molar-refractivity contribution in [1.29, 1.82) is 0 Å². The Labute approximate surface area is 181 Å². The molecule has 0 saturated carbocycles. The molecule has 0 unspecified atom stereocenters. The van der Waals surface area contributed by atoms with Gasteiger partial charge in [0.05, 0.1) is 26.3 Å². The van der Waals surface area contributed by atoms with E-state index in [0.717, 1.165) is 18.7 Å². The Balaban J connectivity index is 1.36. The van der Waals surface area contributed by atoms with Crippen LogP contribution < -0.4 is 9.47 Å². The van der Waals surface area contributed by atoms with E-state index in [4.69, 9.17) is 14.0 Å². The van der Waals surface area contributed by atoms with Crippen molar-refractivity contribution in [2.24, 2.45) is 0 Å². The van der Waals surface area contributed by atoms with E-state index >= 15 is 0 Å². The van der Waals surface area contributed by atoms with Gasteiger partial charge in [0.25, 0.3) is 5.91 Å². The third kappa shape index (κ3) is 4.69. The van der Waals surface area contributed by atoms with Crippen LogP contribution >= 0.6 is 0 Å². The minimum absolute atomic E-state index is 0.0603. The quantitative estimate of drug-likeness (QED) is 0.604. The summed E-state index contributed by atoms with van der Waals surface area (Å²) < 4.78 is 16.1. The number of rotatable bonds is 6. The van der Waals surface area contributed by atoms with Crippen molar-refractivity contribution in [3.05, 3.63) is 59.5 Å². The van der Waals surface area contributed by atoms with E-state index in [1.54, 1.807) is 32.4 Å². The number of aromatic nitrogens is 2. The number of ether oxygens (including phenoxy) is 2. The number of methoxy groups -OCH3 is 2. The molecule has 4 rings (SSSR count). The van der Waals surface area contributed by atoms with Crippen molar-refractivity contribution < 1.29 is 18.8 Å². The zero-order valence-corrected chi connectivity index (χ0v) is 18.0. The first-order chi connectivity index (χ1) is 15.1. The van der Waals surface area contributed by atoms with Crippen LogP contribution in [0, 0.1) is 6.92 Å². The zero-order valence-electron chi connectivity index (χ0n) is 18.0. The fourth-order valence-corrected chi connectivity index (χ4v) is 3.59. The highest BCUT2D eigenvalue weighted by atomic mass is 16.5. The summed E-state index contributed by atoms with van der Waals surface area (Å²) >= 11 is 0. The van der Waals surface area contributed by atoms with Crippen molar-refractivity contribution in [2.45, 2.75) is 13.5 Å². The predicted octanol–water partition coefficient (Wildman–Crippen LogP) is 3.02. The summed E-state index contributed by atoms with van der Waals surface area (Å²) in [6, 6.07) is 13.3. The molecule has 2 heterocycles. The molecule has 0 bridgehead atoms. The number of nitrogens with zero attached hydrogens (tertiary/aromatic N) is 4. The normalized spacial score (nSPS) is 14.5. The molecule has 1 saturated heterocycles. The van der Waals surface area contributed by atoms with Gasteiger partial charge in [-0.3, -0.25) is 9.69 Å². The Morgan fingerprint density at radius 2 is 1.77 bits per heavy atom. The van der Waals surface area contributed by atoms with Crippen molar-refractivity contribution in [2.75, 3.05) is 40.4 Å². The fourth-order valence-electron chi connectivity index (χ4n) is 3.59. The van der Waals surface area contributed by atoms with Gasteiger partial charge in [-0.1, -0.05) is 35.0 Å². The summed E-state index contributed by atoms with van der Waals surface area (Å²) in [7, 11) is 3.14. The molecule has 0 spiro atoms. The number of hydrogen-bond donors (Lipinski definition) is 0. The number of hydrogen-bond acceptors (Lipinski definition) is 7. The van der Waals surface area contributed by atoms with Crippen molar-refractivity contribution >= 4 is 5.91 Å². The van der Waals surface area contributed by atoms with Gasteiger partial charge < -0.3 is 18.9 Å². The molecule has 1 amide bonds. The third-order valence-corrected chi connectivity index (χ3v) is 5.43. The molecule has 8 nitrogen and oxygen atoms in total. The van der Waals surface area contributed by atoms with Crippen LogP contribution in [-0.2, 0) is 6.54 Å². The van der Waals surface area contributed by atoms with Gasteiger partial charge in [0.2, 0.25) is 11.7 Å². The molecule has 1 fully saturated rings. The maximum absolute atomic E-state index is 13.0. The molecule has 1 aliphatic heterocycles. The second-order valence-corrected chi connectivity index (χ2v) is 7.51. The van der Waals surface area contributed by atoms with Gasteiger partial charge in [-0.05, 0) is 25.1 Å². The maximum Gasteiger partial charge on any atom is 0.257 e. The molecule has 0 radical (unpaired) electrons. The van der Waals surface area contributed by atoms with Crippen LogP contribution in [0.3, 0.4) is 0 Å². The Hall–Kier alpha value is -3.39. The summed E-state index contributed by atoms with van der Waals surface area (Å²) in [6.07, 6.45) is 0. The molecule has 0 atom stereocenters. The Morgan fingerprint density at radius 1 is 1.03 bits per heavy atom. The molecule has 2 aromatic carbocycles. The first kappa shape index (κ1) is 20.9. The largest absolute Gasteiger partial charge is 0.497 e. The summed E-state index contributed by atoms with van der Waals surface area (Å²) in [5.74, 6) is 2.28. The molecule has 1 aromatic heterocycles. The number of amides is 1. The van der Waals surface area contributed by atoms with E-state index in [2.05, 4.69) is 15.0 Å². The van der Waals surface area contributed by atoms with Gasteiger partial charge in [0.15, 0.2) is 0 Å². The van der Waals surface area contributed by atoms with E-state index in [-0.39, 0.29) is 5.91 Å². The van der Waals surface area contributed by atoms with Crippen LogP contribution in [0.5, 0.6) is 11.5 Å². The van der Waals surface area contributed by atoms with Crippen molar-refractivity contribution in [3.63, 3.8) is 0 Å². The van der Waals surface area contributed by atoms with Crippen molar-refractivity contribution in [1.82, 2.24) is 19.9 Å². The lowest BCUT2D eigenvalue weighted by molar-refractivity contribution is 0.0611. The molecule has 1 aliphatic rings. The summed E-state index contributed by atoms with van der Waals surface area (Å²) in [5, 5.41) is 4.10. The third-order valence-electron chi connectivity index (χ3n) is 5.43. The number of piperazine rings is 1. The SMILES string of the molecule is COc1ccc(OC)c(C(=O)N2CCN(Cc3nc(-c4ccc(C)cc4)no3)CC2)c1. The topological polar surface area (TPSA) is 80.9 Å². The molecule has 0 N–H and O–H groups in total. The molecule has 3 aromatic rings. The fraction of sp³-hybridized carbons (Fsp3) is 0.348. The van der Waals surface area contributed by atoms with Crippen LogP contribution in [-0.4, -0.2) is 66.2 Å². The van der Waals surface area contributed by atoms with Crippen LogP contribution in [0.15, 0.2) is 47.0 Å². The van der Waals surface area contributed by atoms with E-state index in [1.165, 1.54) is 5.56 Å². The highest BCUT2D eigenvalue weighted by Gasteiger charge is 2.25. The summed E-state index contributed by atoms with van der Waals surface area (Å²) in [6.45, 7) is 5.26. The Bertz CT molecular complexity index is 1040. The summed E-state index contributed by atoms with van der Waals surface area (Å²) in [5.41, 5.74) is 2.63. The van der Waals surface area contributed by atoms with Crippen LogP contribution in [0.1, 0.15) is 21.8 Å². The molecule has 162 valence electrons. The lowest BCUT2D eigenvalue weighted by Crippen LogP contribution is -2.48. The average molecular weight is 422 g/mol. The van der Waals surface area contributed by atoms with Gasteiger partial charge in [-0.25, -0.2) is 0 Å². The number of carbonyl (C=O) groups excluding carboxylic acids is 1. The highest BCUT2D eigenvalue weighted by molar-refractivity contribution is 5.97. The molecule has 0 aliphatic carbocycles. The van der Waals surface area contributed by atoms with E-state index in [9.17, 15) is 4.79 Å². The van der Waals surface area contributed by atoms with Gasteiger partial charge >= 0.3 is 0 Å². The molecular weight excluding hydrogens is 396 g/mol. The van der Waals surface area contributed by atoms with Gasteiger partial charge in [-0.15, -0.1) is 0 Å². The first-order valence-electron chi connectivity index (χ1n) is 10.2. The average Bonchev–Trinajstić information content (AvgIpc) is 3.27. The van der Waals surface area contributed by atoms with Gasteiger partial charge in [0, 0.05) is 31.7 Å². The van der Waals surface area contributed by atoms with Crippen LogP contribution in [0.25, 0.3) is 11.4 Å². The van der Waals surface area contributed by atoms with Gasteiger partial charge in [-0.2, -0.15) is 4.98 Å². The Morgan fingerprint density at radius 3 is 2.45 bits per heavy atom. The maximum atomic E-state index is 13.0. The molecular formula is C23H26N4O4. The van der Waals surface area contributed by atoms with Crippen molar-refractivity contribution in [3.8, 4) is 22.9 Å².